The van der Waals surface area contributed by atoms with E-state index in [1.807, 2.05) is 68.5 Å². The van der Waals surface area contributed by atoms with E-state index in [2.05, 4.69) is 16.8 Å². The molecule has 0 aliphatic heterocycles. The zero-order valence-electron chi connectivity index (χ0n) is 12.4. The second-order valence-corrected chi connectivity index (χ2v) is 4.81. The highest BCUT2D eigenvalue weighted by molar-refractivity contribution is 5.99. The first-order valence-electron chi connectivity index (χ1n) is 6.80. The van der Waals surface area contributed by atoms with Crippen molar-refractivity contribution in [1.29, 1.82) is 0 Å². The van der Waals surface area contributed by atoms with Gasteiger partial charge in [-0.15, -0.1) is 5.11 Å². The molecule has 0 radical (unpaired) electrons. The van der Waals surface area contributed by atoms with Gasteiger partial charge in [-0.3, -0.25) is 0 Å². The molecule has 21 heavy (non-hydrogen) atoms. The minimum Gasteiger partial charge on any atom is -0.398 e. The number of fused-ring (bicyclic) bond motifs is 1. The first-order valence-corrected chi connectivity index (χ1v) is 6.80. The molecule has 0 atom stereocenters. The summed E-state index contributed by atoms with van der Waals surface area (Å²) in [5.41, 5.74) is 9.31. The molecule has 0 unspecified atom stereocenters. The molecule has 0 amide bonds. The maximum Gasteiger partial charge on any atom is 0.0936 e. The fourth-order valence-corrected chi connectivity index (χ4v) is 1.92. The predicted octanol–water partition coefficient (Wildman–Crippen LogP) is 5.54. The molecule has 106 valence electrons. The van der Waals surface area contributed by atoms with Crippen LogP contribution in [0.1, 0.15) is 13.8 Å². The molecule has 2 aromatic rings. The van der Waals surface area contributed by atoms with Crippen molar-refractivity contribution in [3.8, 4) is 0 Å². The molecular formula is C18H19N3. The summed E-state index contributed by atoms with van der Waals surface area (Å²) < 4.78 is 0. The number of hydrogen-bond acceptors (Lipinski definition) is 3. The molecule has 0 spiro atoms. The largest absolute Gasteiger partial charge is 0.398 e. The van der Waals surface area contributed by atoms with Crippen molar-refractivity contribution in [3.05, 3.63) is 72.5 Å². The number of nitrogens with zero attached hydrogens (tertiary/aromatic N) is 2. The summed E-state index contributed by atoms with van der Waals surface area (Å²) in [5.74, 6) is 0. The van der Waals surface area contributed by atoms with Crippen LogP contribution in [0.15, 0.2) is 82.7 Å². The summed E-state index contributed by atoms with van der Waals surface area (Å²) in [6, 6.07) is 11.7. The standard InChI is InChI=1S/C18H19N3/c1-4-14(10-9-13(2)3)20-21-18-12-11-17(19)15-7-5-6-8-16(15)18/h4-12H,2,19H2,1,3H3/b10-9-,14-4?,21-20?. The van der Waals surface area contributed by atoms with Gasteiger partial charge >= 0.3 is 0 Å². The quantitative estimate of drug-likeness (QED) is 0.445. The van der Waals surface area contributed by atoms with Crippen LogP contribution in [-0.4, -0.2) is 0 Å². The summed E-state index contributed by atoms with van der Waals surface area (Å²) in [6.07, 6.45) is 5.71. The van der Waals surface area contributed by atoms with Gasteiger partial charge in [0.2, 0.25) is 0 Å². The van der Waals surface area contributed by atoms with E-state index in [0.717, 1.165) is 33.4 Å². The number of azo groups is 1. The van der Waals surface area contributed by atoms with Gasteiger partial charge in [0, 0.05) is 16.5 Å². The second-order valence-electron chi connectivity index (χ2n) is 4.81. The van der Waals surface area contributed by atoms with Gasteiger partial charge in [-0.2, -0.15) is 5.11 Å². The van der Waals surface area contributed by atoms with Gasteiger partial charge < -0.3 is 5.73 Å². The van der Waals surface area contributed by atoms with Crippen LogP contribution >= 0.6 is 0 Å². The van der Waals surface area contributed by atoms with E-state index in [9.17, 15) is 0 Å². The van der Waals surface area contributed by atoms with E-state index in [1.54, 1.807) is 0 Å². The van der Waals surface area contributed by atoms with Crippen LogP contribution in [0.2, 0.25) is 0 Å². The Labute approximate surface area is 125 Å². The topological polar surface area (TPSA) is 50.7 Å². The molecule has 0 aliphatic carbocycles. The van der Waals surface area contributed by atoms with E-state index >= 15 is 0 Å². The Morgan fingerprint density at radius 3 is 2.48 bits per heavy atom. The Morgan fingerprint density at radius 1 is 1.10 bits per heavy atom. The molecule has 2 rings (SSSR count). The molecule has 0 bridgehead atoms. The molecule has 0 aromatic heterocycles. The number of nitrogens with two attached hydrogens (primary N) is 1. The molecule has 0 heterocycles. The lowest BCUT2D eigenvalue weighted by atomic mass is 10.1. The Bertz CT molecular complexity index is 752. The van der Waals surface area contributed by atoms with E-state index in [1.165, 1.54) is 0 Å². The van der Waals surface area contributed by atoms with Gasteiger partial charge in [0.05, 0.1) is 11.4 Å². The highest BCUT2D eigenvalue weighted by Gasteiger charge is 2.02. The van der Waals surface area contributed by atoms with Crippen molar-refractivity contribution in [2.75, 3.05) is 5.73 Å². The average molecular weight is 277 g/mol. The Hall–Kier alpha value is -2.68. The third-order valence-corrected chi connectivity index (χ3v) is 3.04. The van der Waals surface area contributed by atoms with Crippen molar-refractivity contribution in [1.82, 2.24) is 0 Å². The number of benzene rings is 2. The van der Waals surface area contributed by atoms with Crippen LogP contribution < -0.4 is 5.73 Å². The van der Waals surface area contributed by atoms with Crippen molar-refractivity contribution < 1.29 is 0 Å². The van der Waals surface area contributed by atoms with Crippen LogP contribution in [0.3, 0.4) is 0 Å². The monoisotopic (exact) mass is 277 g/mol. The van der Waals surface area contributed by atoms with Crippen molar-refractivity contribution in [3.63, 3.8) is 0 Å². The van der Waals surface area contributed by atoms with Gasteiger partial charge in [0.25, 0.3) is 0 Å². The minimum atomic E-state index is 0.748. The molecule has 0 saturated heterocycles. The Morgan fingerprint density at radius 2 is 1.81 bits per heavy atom. The molecule has 0 aliphatic rings. The lowest BCUT2D eigenvalue weighted by molar-refractivity contribution is 1.17. The van der Waals surface area contributed by atoms with Crippen LogP contribution in [0.25, 0.3) is 10.8 Å². The highest BCUT2D eigenvalue weighted by Crippen LogP contribution is 2.30. The van der Waals surface area contributed by atoms with Gasteiger partial charge in [-0.25, -0.2) is 0 Å². The van der Waals surface area contributed by atoms with Crippen molar-refractivity contribution in [2.24, 2.45) is 10.2 Å². The fraction of sp³-hybridized carbons (Fsp3) is 0.111. The maximum absolute atomic E-state index is 5.98. The SMILES string of the molecule is C=C(C)/C=C\C(=CC)N=Nc1ccc(N)c2ccccc12. The van der Waals surface area contributed by atoms with Crippen molar-refractivity contribution in [2.45, 2.75) is 13.8 Å². The fourth-order valence-electron chi connectivity index (χ4n) is 1.92. The Balaban J connectivity index is 2.38. The minimum absolute atomic E-state index is 0.748. The van der Waals surface area contributed by atoms with Gasteiger partial charge in [0.1, 0.15) is 0 Å². The molecule has 2 aromatic carbocycles. The summed E-state index contributed by atoms with van der Waals surface area (Å²) in [4.78, 5) is 0. The predicted molar refractivity (Wildman–Crippen MR) is 90.6 cm³/mol. The molecule has 3 nitrogen and oxygen atoms in total. The molecule has 2 N–H and O–H groups in total. The normalized spacial score (nSPS) is 12.6. The lowest BCUT2D eigenvalue weighted by Crippen LogP contribution is -1.86. The third-order valence-electron chi connectivity index (χ3n) is 3.04. The zero-order valence-corrected chi connectivity index (χ0v) is 12.4. The summed E-state index contributed by atoms with van der Waals surface area (Å²) in [7, 11) is 0. The number of rotatable bonds is 4. The maximum atomic E-state index is 5.98. The van der Waals surface area contributed by atoms with E-state index in [-0.39, 0.29) is 0 Å². The third kappa shape index (κ3) is 3.66. The molecule has 0 fully saturated rings. The van der Waals surface area contributed by atoms with Gasteiger partial charge in [0.15, 0.2) is 0 Å². The molecular weight excluding hydrogens is 258 g/mol. The second kappa shape index (κ2) is 6.66. The lowest BCUT2D eigenvalue weighted by Gasteiger charge is -2.04. The number of allylic oxidation sites excluding steroid dienone is 4. The average Bonchev–Trinajstić information content (AvgIpc) is 2.49. The first kappa shape index (κ1) is 14.7. The van der Waals surface area contributed by atoms with E-state index in [0.29, 0.717) is 0 Å². The number of nitrogen functional groups attached to an aromatic ring is 1. The highest BCUT2D eigenvalue weighted by atomic mass is 15.1. The first-order chi connectivity index (χ1) is 10.1. The van der Waals surface area contributed by atoms with E-state index in [4.69, 9.17) is 5.73 Å². The summed E-state index contributed by atoms with van der Waals surface area (Å²) >= 11 is 0. The van der Waals surface area contributed by atoms with Gasteiger partial charge in [-0.05, 0) is 32.1 Å². The van der Waals surface area contributed by atoms with Crippen LogP contribution in [-0.2, 0) is 0 Å². The Kier molecular flexibility index (Phi) is 4.67. The van der Waals surface area contributed by atoms with Crippen LogP contribution in [0.4, 0.5) is 11.4 Å². The molecule has 3 heteroatoms. The summed E-state index contributed by atoms with van der Waals surface area (Å²) in [6.45, 7) is 7.70. The smallest absolute Gasteiger partial charge is 0.0936 e. The van der Waals surface area contributed by atoms with E-state index < -0.39 is 0 Å². The zero-order chi connectivity index (χ0) is 15.2. The number of anilines is 1. The van der Waals surface area contributed by atoms with Crippen LogP contribution in [0.5, 0.6) is 0 Å². The molecule has 0 saturated carbocycles. The van der Waals surface area contributed by atoms with Gasteiger partial charge in [-0.1, -0.05) is 48.6 Å². The van der Waals surface area contributed by atoms with Crippen LogP contribution in [0, 0.1) is 0 Å². The number of hydrogen-bond donors (Lipinski definition) is 1. The summed E-state index contributed by atoms with van der Waals surface area (Å²) in [5, 5.41) is 10.6. The van der Waals surface area contributed by atoms with Crippen molar-refractivity contribution >= 4 is 22.1 Å².